The number of carbonyl (C=O) groups is 1. The molecule has 1 N–H and O–H groups in total. The highest BCUT2D eigenvalue weighted by Crippen LogP contribution is 2.39. The van der Waals surface area contributed by atoms with Crippen molar-refractivity contribution in [2.75, 3.05) is 0 Å². The van der Waals surface area contributed by atoms with Crippen molar-refractivity contribution in [1.29, 1.82) is 0 Å². The van der Waals surface area contributed by atoms with E-state index in [-0.39, 0.29) is 0 Å². The average molecular weight is 395 g/mol. The maximum Gasteiger partial charge on any atom is 0.316 e. The molecule has 0 aliphatic rings. The normalized spacial score (nSPS) is 12.5. The number of nitrogens with zero attached hydrogens (tertiary/aromatic N) is 2. The first-order valence-corrected chi connectivity index (χ1v) is 8.99. The first kappa shape index (κ1) is 15.5. The highest BCUT2D eigenvalue weighted by Gasteiger charge is 2.19. The molecule has 0 saturated carbocycles. The van der Waals surface area contributed by atoms with Crippen molar-refractivity contribution < 1.29 is 9.90 Å². The smallest absolute Gasteiger partial charge is 0.316 e. The maximum absolute atomic E-state index is 11.1. The van der Waals surface area contributed by atoms with Crippen LogP contribution in [0, 0.1) is 0 Å². The van der Waals surface area contributed by atoms with Crippen LogP contribution in [-0.4, -0.2) is 26.3 Å². The van der Waals surface area contributed by atoms with Crippen LogP contribution in [0.3, 0.4) is 0 Å². The summed E-state index contributed by atoms with van der Waals surface area (Å²) in [5, 5.41) is 12.2. The van der Waals surface area contributed by atoms with Gasteiger partial charge in [0.25, 0.3) is 0 Å². The van der Waals surface area contributed by atoms with Crippen molar-refractivity contribution in [2.45, 2.75) is 17.2 Å². The molecule has 0 aliphatic heterocycles. The molecule has 0 aliphatic carbocycles. The Balaban J connectivity index is 2.12. The lowest BCUT2D eigenvalue weighted by atomic mass is 10.1. The standard InChI is InChI=1S/C15H11BrN2O2S2/c1-8(15(19)20)22-14-12-11(6-21-13(12)17-7-18-14)9-2-4-10(16)5-3-9/h2-8H,1H3,(H,19,20)/t8-/m1/s1. The molecule has 0 amide bonds. The highest BCUT2D eigenvalue weighted by atomic mass is 79.9. The largest absolute Gasteiger partial charge is 0.480 e. The van der Waals surface area contributed by atoms with Crippen LogP contribution < -0.4 is 0 Å². The molecule has 22 heavy (non-hydrogen) atoms. The SMILES string of the molecule is C[C@@H](Sc1ncnc2scc(-c3ccc(Br)cc3)c12)C(=O)O. The summed E-state index contributed by atoms with van der Waals surface area (Å²) in [4.78, 5) is 20.6. The molecule has 1 atom stereocenters. The third kappa shape index (κ3) is 3.02. The summed E-state index contributed by atoms with van der Waals surface area (Å²) < 4.78 is 1.01. The van der Waals surface area contributed by atoms with Gasteiger partial charge in [0.2, 0.25) is 0 Å². The predicted octanol–water partition coefficient (Wildman–Crippen LogP) is 4.69. The number of aromatic nitrogens is 2. The first-order valence-electron chi connectivity index (χ1n) is 6.44. The number of fused-ring (bicyclic) bond motifs is 1. The van der Waals surface area contributed by atoms with Crippen molar-refractivity contribution in [2.24, 2.45) is 0 Å². The number of aliphatic carboxylic acids is 1. The number of thiophene rings is 1. The van der Waals surface area contributed by atoms with Gasteiger partial charge in [-0.15, -0.1) is 11.3 Å². The zero-order valence-corrected chi connectivity index (χ0v) is 14.7. The minimum Gasteiger partial charge on any atom is -0.480 e. The van der Waals surface area contributed by atoms with Crippen molar-refractivity contribution in [3.63, 3.8) is 0 Å². The van der Waals surface area contributed by atoms with Crippen molar-refractivity contribution >= 4 is 55.2 Å². The summed E-state index contributed by atoms with van der Waals surface area (Å²) in [6.07, 6.45) is 1.49. The quantitative estimate of drug-likeness (QED) is 0.513. The number of carboxylic acid groups (broad SMARTS) is 1. The Morgan fingerprint density at radius 1 is 1.32 bits per heavy atom. The molecule has 0 spiro atoms. The molecule has 0 fully saturated rings. The van der Waals surface area contributed by atoms with E-state index in [1.54, 1.807) is 6.92 Å². The van der Waals surface area contributed by atoms with Crippen LogP contribution >= 0.6 is 39.0 Å². The fourth-order valence-electron chi connectivity index (χ4n) is 2.00. The minimum atomic E-state index is -0.850. The van der Waals surface area contributed by atoms with Crippen LogP contribution in [0.15, 0.2) is 45.5 Å². The van der Waals surface area contributed by atoms with Gasteiger partial charge < -0.3 is 5.11 Å². The Kier molecular flexibility index (Phi) is 4.46. The molecule has 1 aromatic carbocycles. The summed E-state index contributed by atoms with van der Waals surface area (Å²) in [6.45, 7) is 1.66. The number of rotatable bonds is 4. The van der Waals surface area contributed by atoms with Crippen LogP contribution in [0.5, 0.6) is 0 Å². The highest BCUT2D eigenvalue weighted by molar-refractivity contribution is 9.10. The van der Waals surface area contributed by atoms with E-state index in [0.717, 1.165) is 25.8 Å². The van der Waals surface area contributed by atoms with Crippen molar-refractivity contribution in [3.05, 3.63) is 40.4 Å². The zero-order chi connectivity index (χ0) is 15.7. The number of hydrogen-bond donors (Lipinski definition) is 1. The van der Waals surface area contributed by atoms with Gasteiger partial charge in [-0.2, -0.15) is 0 Å². The second kappa shape index (κ2) is 6.36. The fourth-order valence-corrected chi connectivity index (χ4v) is 4.11. The molecular formula is C15H11BrN2O2S2. The molecule has 2 heterocycles. The van der Waals surface area contributed by atoms with Crippen LogP contribution in [-0.2, 0) is 4.79 Å². The van der Waals surface area contributed by atoms with Gasteiger partial charge in [0.05, 0.1) is 5.39 Å². The second-order valence-electron chi connectivity index (χ2n) is 4.61. The number of hydrogen-bond acceptors (Lipinski definition) is 5. The summed E-state index contributed by atoms with van der Waals surface area (Å²) >= 11 is 6.21. The number of benzene rings is 1. The molecule has 0 radical (unpaired) electrons. The second-order valence-corrected chi connectivity index (χ2v) is 7.72. The van der Waals surface area contributed by atoms with Crippen LogP contribution in [0.25, 0.3) is 21.3 Å². The Morgan fingerprint density at radius 3 is 2.73 bits per heavy atom. The van der Waals surface area contributed by atoms with Crippen LogP contribution in [0.1, 0.15) is 6.92 Å². The van der Waals surface area contributed by atoms with Gasteiger partial charge in [0.1, 0.15) is 21.4 Å². The van der Waals surface area contributed by atoms with E-state index in [4.69, 9.17) is 5.11 Å². The Labute approximate surface area is 143 Å². The van der Waals surface area contributed by atoms with Gasteiger partial charge in [-0.1, -0.05) is 39.8 Å². The molecule has 4 nitrogen and oxygen atoms in total. The maximum atomic E-state index is 11.1. The van der Waals surface area contributed by atoms with Gasteiger partial charge in [-0.25, -0.2) is 9.97 Å². The Bertz CT molecular complexity index is 833. The Morgan fingerprint density at radius 2 is 2.05 bits per heavy atom. The van der Waals surface area contributed by atoms with E-state index >= 15 is 0 Å². The molecule has 0 unspecified atom stereocenters. The van der Waals surface area contributed by atoms with Gasteiger partial charge >= 0.3 is 5.97 Å². The van der Waals surface area contributed by atoms with Crippen LogP contribution in [0.4, 0.5) is 0 Å². The molecule has 3 aromatic rings. The van der Waals surface area contributed by atoms with E-state index in [0.29, 0.717) is 5.03 Å². The Hall–Kier alpha value is -1.44. The molecule has 7 heteroatoms. The summed E-state index contributed by atoms with van der Waals surface area (Å²) in [5.41, 5.74) is 2.10. The molecule has 2 aromatic heterocycles. The van der Waals surface area contributed by atoms with Gasteiger partial charge in [0, 0.05) is 15.4 Å². The summed E-state index contributed by atoms with van der Waals surface area (Å²) in [5.74, 6) is -0.850. The van der Waals surface area contributed by atoms with E-state index in [1.165, 1.54) is 29.4 Å². The number of halogens is 1. The third-order valence-electron chi connectivity index (χ3n) is 3.13. The van der Waals surface area contributed by atoms with Crippen molar-refractivity contribution in [3.8, 4) is 11.1 Å². The summed E-state index contributed by atoms with van der Waals surface area (Å²) in [6, 6.07) is 8.01. The van der Waals surface area contributed by atoms with Gasteiger partial charge in [-0.3, -0.25) is 4.79 Å². The monoisotopic (exact) mass is 394 g/mol. The number of carboxylic acids is 1. The molecular weight excluding hydrogens is 384 g/mol. The predicted molar refractivity (Wildman–Crippen MR) is 93.5 cm³/mol. The lowest BCUT2D eigenvalue weighted by Gasteiger charge is -2.08. The van der Waals surface area contributed by atoms with E-state index in [2.05, 4.69) is 25.9 Å². The molecule has 0 bridgehead atoms. The van der Waals surface area contributed by atoms with E-state index < -0.39 is 11.2 Å². The van der Waals surface area contributed by atoms with Crippen LogP contribution in [0.2, 0.25) is 0 Å². The average Bonchev–Trinajstić information content (AvgIpc) is 2.93. The van der Waals surface area contributed by atoms with Crippen molar-refractivity contribution in [1.82, 2.24) is 9.97 Å². The molecule has 3 rings (SSSR count). The topological polar surface area (TPSA) is 63.1 Å². The van der Waals surface area contributed by atoms with Gasteiger partial charge in [-0.05, 0) is 24.6 Å². The lowest BCUT2D eigenvalue weighted by molar-refractivity contribution is -0.136. The van der Waals surface area contributed by atoms with E-state index in [1.807, 2.05) is 29.6 Å². The lowest BCUT2D eigenvalue weighted by Crippen LogP contribution is -2.11. The first-order chi connectivity index (χ1) is 10.6. The third-order valence-corrected chi connectivity index (χ3v) is 5.63. The fraction of sp³-hybridized carbons (Fsp3) is 0.133. The molecule has 112 valence electrons. The minimum absolute atomic E-state index is 0.559. The zero-order valence-electron chi connectivity index (χ0n) is 11.5. The van der Waals surface area contributed by atoms with Gasteiger partial charge in [0.15, 0.2) is 0 Å². The number of thioether (sulfide) groups is 1. The molecule has 0 saturated heterocycles. The van der Waals surface area contributed by atoms with E-state index in [9.17, 15) is 4.79 Å². The summed E-state index contributed by atoms with van der Waals surface area (Å²) in [7, 11) is 0.